The fraction of sp³-hybridized carbons (Fsp3) is 0.294. The third kappa shape index (κ3) is 2.44. The minimum Gasteiger partial charge on any atom is -0.367 e. The quantitative estimate of drug-likeness (QED) is 0.800. The van der Waals surface area contributed by atoms with Gasteiger partial charge < -0.3 is 14.4 Å². The first-order chi connectivity index (χ1) is 10.7. The normalized spacial score (nSPS) is 18.5. The summed E-state index contributed by atoms with van der Waals surface area (Å²) in [5.74, 6) is -0.175. The zero-order chi connectivity index (χ0) is 15.1. The van der Waals surface area contributed by atoms with Crippen LogP contribution in [0.2, 0.25) is 0 Å². The Bertz CT molecular complexity index is 729. The third-order valence-electron chi connectivity index (χ3n) is 4.28. The molecule has 0 atom stereocenters. The van der Waals surface area contributed by atoms with Crippen molar-refractivity contribution in [1.82, 2.24) is 14.4 Å². The average Bonchev–Trinajstić information content (AvgIpc) is 2.89. The van der Waals surface area contributed by atoms with Gasteiger partial charge in [0.2, 0.25) is 0 Å². The lowest BCUT2D eigenvalue weighted by Gasteiger charge is -2.35. The van der Waals surface area contributed by atoms with Crippen LogP contribution >= 0.6 is 11.8 Å². The van der Waals surface area contributed by atoms with Crippen LogP contribution in [0.4, 0.5) is 4.39 Å². The van der Waals surface area contributed by atoms with Gasteiger partial charge >= 0.3 is 0 Å². The summed E-state index contributed by atoms with van der Waals surface area (Å²) in [5, 5.41) is 1.16. The molecule has 4 rings (SSSR count). The van der Waals surface area contributed by atoms with Gasteiger partial charge in [-0.25, -0.2) is 4.39 Å². The van der Waals surface area contributed by atoms with E-state index in [1.807, 2.05) is 6.07 Å². The summed E-state index contributed by atoms with van der Waals surface area (Å²) in [4.78, 5) is 5.81. The van der Waals surface area contributed by atoms with E-state index in [0.29, 0.717) is 0 Å². The monoisotopic (exact) mass is 315 g/mol. The molecule has 0 saturated carbocycles. The lowest BCUT2D eigenvalue weighted by Crippen LogP contribution is -2.43. The summed E-state index contributed by atoms with van der Waals surface area (Å²) in [5.41, 5.74) is 2.11. The average molecular weight is 315 g/mol. The SMILES string of the molecule is CN1CCN(C2=Cn3cccc3Sc3ccc(F)cc32)CC1. The van der Waals surface area contributed by atoms with E-state index in [1.54, 1.807) is 23.9 Å². The summed E-state index contributed by atoms with van der Waals surface area (Å²) >= 11 is 1.69. The zero-order valence-corrected chi connectivity index (χ0v) is 13.3. The number of rotatable bonds is 1. The summed E-state index contributed by atoms with van der Waals surface area (Å²) in [7, 11) is 2.15. The van der Waals surface area contributed by atoms with Crippen LogP contribution in [0.15, 0.2) is 46.5 Å². The number of nitrogens with zero attached hydrogens (tertiary/aromatic N) is 3. The van der Waals surface area contributed by atoms with Gasteiger partial charge in [0, 0.05) is 49.0 Å². The molecular formula is C17H18FN3S. The van der Waals surface area contributed by atoms with Crippen LogP contribution in [-0.4, -0.2) is 47.6 Å². The van der Waals surface area contributed by atoms with Crippen LogP contribution in [0.5, 0.6) is 0 Å². The van der Waals surface area contributed by atoms with Crippen molar-refractivity contribution >= 4 is 23.7 Å². The second-order valence-corrected chi connectivity index (χ2v) is 6.86. The molecule has 0 amide bonds. The van der Waals surface area contributed by atoms with E-state index in [1.165, 1.54) is 0 Å². The maximum atomic E-state index is 13.8. The Morgan fingerprint density at radius 3 is 2.73 bits per heavy atom. The molecule has 0 N–H and O–H groups in total. The fourth-order valence-corrected chi connectivity index (χ4v) is 3.98. The van der Waals surface area contributed by atoms with Gasteiger partial charge in [0.1, 0.15) is 5.82 Å². The van der Waals surface area contributed by atoms with Gasteiger partial charge in [-0.1, -0.05) is 11.8 Å². The molecule has 1 aromatic heterocycles. The molecule has 5 heteroatoms. The van der Waals surface area contributed by atoms with Crippen molar-refractivity contribution in [2.75, 3.05) is 33.2 Å². The number of halogens is 1. The van der Waals surface area contributed by atoms with E-state index in [4.69, 9.17) is 0 Å². The van der Waals surface area contributed by atoms with Crippen molar-refractivity contribution < 1.29 is 4.39 Å². The number of hydrogen-bond acceptors (Lipinski definition) is 3. The van der Waals surface area contributed by atoms with Gasteiger partial charge in [0.05, 0.1) is 10.7 Å². The predicted molar refractivity (Wildman–Crippen MR) is 88.2 cm³/mol. The molecule has 3 nitrogen and oxygen atoms in total. The highest BCUT2D eigenvalue weighted by Crippen LogP contribution is 2.39. The van der Waals surface area contributed by atoms with E-state index in [9.17, 15) is 4.39 Å². The number of fused-ring (bicyclic) bond motifs is 2. The van der Waals surface area contributed by atoms with Crippen molar-refractivity contribution in [3.8, 4) is 0 Å². The molecule has 0 bridgehead atoms. The Labute approximate surface area is 134 Å². The minimum absolute atomic E-state index is 0.175. The molecule has 1 aromatic carbocycles. The van der Waals surface area contributed by atoms with Crippen LogP contribution < -0.4 is 0 Å². The van der Waals surface area contributed by atoms with Gasteiger partial charge in [-0.15, -0.1) is 0 Å². The first kappa shape index (κ1) is 13.9. The van der Waals surface area contributed by atoms with Crippen molar-refractivity contribution in [3.63, 3.8) is 0 Å². The van der Waals surface area contributed by atoms with E-state index in [-0.39, 0.29) is 5.82 Å². The summed E-state index contributed by atoms with van der Waals surface area (Å²) in [6.45, 7) is 4.01. The minimum atomic E-state index is -0.175. The Morgan fingerprint density at radius 2 is 1.91 bits per heavy atom. The van der Waals surface area contributed by atoms with Gasteiger partial charge in [-0.3, -0.25) is 0 Å². The molecule has 2 aromatic rings. The second kappa shape index (κ2) is 5.48. The van der Waals surface area contributed by atoms with Crippen molar-refractivity contribution in [2.45, 2.75) is 9.92 Å². The highest BCUT2D eigenvalue weighted by atomic mass is 32.2. The smallest absolute Gasteiger partial charge is 0.123 e. The number of aromatic nitrogens is 1. The van der Waals surface area contributed by atoms with Gasteiger partial charge in [-0.05, 0) is 37.4 Å². The van der Waals surface area contributed by atoms with Crippen LogP contribution in [-0.2, 0) is 0 Å². The molecule has 3 heterocycles. The van der Waals surface area contributed by atoms with Crippen LogP contribution in [0, 0.1) is 5.82 Å². The molecule has 0 aliphatic carbocycles. The van der Waals surface area contributed by atoms with E-state index < -0.39 is 0 Å². The van der Waals surface area contributed by atoms with E-state index >= 15 is 0 Å². The van der Waals surface area contributed by atoms with Crippen molar-refractivity contribution in [3.05, 3.63) is 47.9 Å². The highest BCUT2D eigenvalue weighted by molar-refractivity contribution is 7.99. The van der Waals surface area contributed by atoms with Crippen molar-refractivity contribution in [1.29, 1.82) is 0 Å². The number of hydrogen-bond donors (Lipinski definition) is 0. The van der Waals surface area contributed by atoms with Crippen LogP contribution in [0.1, 0.15) is 5.56 Å². The highest BCUT2D eigenvalue weighted by Gasteiger charge is 2.23. The summed E-state index contributed by atoms with van der Waals surface area (Å²) < 4.78 is 15.9. The number of benzene rings is 1. The molecule has 1 saturated heterocycles. The lowest BCUT2D eigenvalue weighted by molar-refractivity contribution is 0.207. The van der Waals surface area contributed by atoms with Crippen LogP contribution in [0.25, 0.3) is 11.9 Å². The fourth-order valence-electron chi connectivity index (χ4n) is 2.98. The largest absolute Gasteiger partial charge is 0.367 e. The van der Waals surface area contributed by atoms with Crippen LogP contribution in [0.3, 0.4) is 0 Å². The molecule has 2 aliphatic rings. The first-order valence-electron chi connectivity index (χ1n) is 7.51. The Hall–Kier alpha value is -1.72. The molecule has 22 heavy (non-hydrogen) atoms. The molecule has 0 spiro atoms. The molecule has 0 unspecified atom stereocenters. The molecule has 2 aliphatic heterocycles. The Kier molecular flexibility index (Phi) is 3.47. The summed E-state index contributed by atoms with van der Waals surface area (Å²) in [6, 6.07) is 9.25. The van der Waals surface area contributed by atoms with Gasteiger partial charge in [-0.2, -0.15) is 0 Å². The molecular weight excluding hydrogens is 297 g/mol. The maximum absolute atomic E-state index is 13.8. The Balaban J connectivity index is 1.82. The lowest BCUT2D eigenvalue weighted by atomic mass is 10.1. The molecule has 114 valence electrons. The predicted octanol–water partition coefficient (Wildman–Crippen LogP) is 3.29. The number of piperazine rings is 1. The van der Waals surface area contributed by atoms with Gasteiger partial charge in [0.15, 0.2) is 0 Å². The molecule has 0 radical (unpaired) electrons. The zero-order valence-electron chi connectivity index (χ0n) is 12.5. The van der Waals surface area contributed by atoms with Gasteiger partial charge in [0.25, 0.3) is 0 Å². The topological polar surface area (TPSA) is 11.4 Å². The molecule has 1 fully saturated rings. The Morgan fingerprint density at radius 1 is 1.09 bits per heavy atom. The van der Waals surface area contributed by atoms with E-state index in [2.05, 4.69) is 45.9 Å². The summed E-state index contributed by atoms with van der Waals surface area (Å²) in [6.07, 6.45) is 4.19. The third-order valence-corrected chi connectivity index (χ3v) is 5.41. The van der Waals surface area contributed by atoms with Crippen molar-refractivity contribution in [2.24, 2.45) is 0 Å². The maximum Gasteiger partial charge on any atom is 0.123 e. The van der Waals surface area contributed by atoms with E-state index in [0.717, 1.165) is 47.4 Å². The second-order valence-electron chi connectivity index (χ2n) is 5.80. The first-order valence-corrected chi connectivity index (χ1v) is 8.32. The number of likely N-dealkylation sites (N-methyl/N-ethyl adjacent to an activating group) is 1. The standard InChI is InChI=1S/C17H18FN3S/c1-19-7-9-20(10-8-19)15-12-21-6-2-3-17(21)22-16-5-4-13(18)11-14(15)16/h2-6,11-12H,7-10H2,1H3.